The molecule has 1 aromatic heterocycles. The van der Waals surface area contributed by atoms with Crippen molar-refractivity contribution in [1.82, 2.24) is 25.6 Å². The molecule has 1 aliphatic rings. The second-order valence-corrected chi connectivity index (χ2v) is 7.50. The van der Waals surface area contributed by atoms with Gasteiger partial charge in [-0.25, -0.2) is 9.07 Å². The molecule has 6 nitrogen and oxygen atoms in total. The first kappa shape index (κ1) is 18.5. The SMILES string of the molecule is Cc1c(C(=O)NCC(C)(C)c2ccccc2F)nnn1C1CCNCC1. The summed E-state index contributed by atoms with van der Waals surface area (Å²) in [5.41, 5.74) is 1.17. The molecule has 0 atom stereocenters. The average molecular weight is 359 g/mol. The van der Waals surface area contributed by atoms with Crippen molar-refractivity contribution in [3.8, 4) is 0 Å². The maximum absolute atomic E-state index is 14.1. The lowest BCUT2D eigenvalue weighted by Crippen LogP contribution is -2.37. The highest BCUT2D eigenvalue weighted by atomic mass is 19.1. The van der Waals surface area contributed by atoms with E-state index in [1.54, 1.807) is 18.2 Å². The maximum Gasteiger partial charge on any atom is 0.273 e. The van der Waals surface area contributed by atoms with Crippen LogP contribution in [0.5, 0.6) is 0 Å². The molecule has 1 fully saturated rings. The number of nitrogens with one attached hydrogen (secondary N) is 2. The summed E-state index contributed by atoms with van der Waals surface area (Å²) in [4.78, 5) is 12.6. The molecule has 0 saturated carbocycles. The van der Waals surface area contributed by atoms with E-state index in [-0.39, 0.29) is 17.8 Å². The Morgan fingerprint density at radius 1 is 1.35 bits per heavy atom. The van der Waals surface area contributed by atoms with Gasteiger partial charge < -0.3 is 10.6 Å². The van der Waals surface area contributed by atoms with Gasteiger partial charge in [-0.2, -0.15) is 0 Å². The van der Waals surface area contributed by atoms with Gasteiger partial charge in [0.05, 0.1) is 11.7 Å². The van der Waals surface area contributed by atoms with Crippen molar-refractivity contribution in [2.45, 2.75) is 45.1 Å². The van der Waals surface area contributed by atoms with E-state index in [0.29, 0.717) is 17.8 Å². The minimum atomic E-state index is -0.528. The van der Waals surface area contributed by atoms with Crippen molar-refractivity contribution in [2.75, 3.05) is 19.6 Å². The molecule has 0 aliphatic carbocycles. The summed E-state index contributed by atoms with van der Waals surface area (Å²) in [5.74, 6) is -0.535. The van der Waals surface area contributed by atoms with Gasteiger partial charge in [-0.05, 0) is 44.5 Å². The Bertz CT molecular complexity index is 780. The predicted octanol–water partition coefficient (Wildman–Crippen LogP) is 2.36. The molecule has 1 aliphatic heterocycles. The summed E-state index contributed by atoms with van der Waals surface area (Å²) in [6.45, 7) is 7.89. The van der Waals surface area contributed by atoms with Crippen LogP contribution < -0.4 is 10.6 Å². The highest BCUT2D eigenvalue weighted by Gasteiger charge is 2.27. The molecule has 0 spiro atoms. The van der Waals surface area contributed by atoms with Gasteiger partial charge in [0.1, 0.15) is 5.82 Å². The number of benzene rings is 1. The number of amides is 1. The maximum atomic E-state index is 14.1. The molecule has 0 unspecified atom stereocenters. The Kier molecular flexibility index (Phi) is 5.36. The third-order valence-electron chi connectivity index (χ3n) is 5.09. The highest BCUT2D eigenvalue weighted by molar-refractivity contribution is 5.93. The van der Waals surface area contributed by atoms with Gasteiger partial charge in [0.2, 0.25) is 0 Å². The van der Waals surface area contributed by atoms with Crippen LogP contribution in [0.3, 0.4) is 0 Å². The van der Waals surface area contributed by atoms with E-state index in [2.05, 4.69) is 20.9 Å². The molecule has 1 saturated heterocycles. The van der Waals surface area contributed by atoms with Gasteiger partial charge in [-0.15, -0.1) is 5.10 Å². The summed E-state index contributed by atoms with van der Waals surface area (Å²) in [6, 6.07) is 6.93. The van der Waals surface area contributed by atoms with E-state index >= 15 is 0 Å². The number of halogens is 1. The second-order valence-electron chi connectivity index (χ2n) is 7.50. The molecule has 140 valence electrons. The van der Waals surface area contributed by atoms with E-state index < -0.39 is 5.41 Å². The normalized spacial score (nSPS) is 15.8. The Hall–Kier alpha value is -2.28. The van der Waals surface area contributed by atoms with Crippen LogP contribution in [0.1, 0.15) is 54.5 Å². The third kappa shape index (κ3) is 3.77. The molecular weight excluding hydrogens is 333 g/mol. The van der Waals surface area contributed by atoms with Crippen LogP contribution in [0.25, 0.3) is 0 Å². The number of rotatable bonds is 5. The van der Waals surface area contributed by atoms with Gasteiger partial charge in [-0.1, -0.05) is 37.3 Å². The van der Waals surface area contributed by atoms with Gasteiger partial charge in [0.15, 0.2) is 5.69 Å². The zero-order valence-corrected chi connectivity index (χ0v) is 15.6. The fourth-order valence-electron chi connectivity index (χ4n) is 3.44. The average Bonchev–Trinajstić information content (AvgIpc) is 3.02. The number of piperidine rings is 1. The largest absolute Gasteiger partial charge is 0.350 e. The summed E-state index contributed by atoms with van der Waals surface area (Å²) >= 11 is 0. The fraction of sp³-hybridized carbons (Fsp3) is 0.526. The van der Waals surface area contributed by atoms with E-state index in [0.717, 1.165) is 31.6 Å². The molecule has 26 heavy (non-hydrogen) atoms. The minimum Gasteiger partial charge on any atom is -0.350 e. The van der Waals surface area contributed by atoms with Crippen LogP contribution in [-0.2, 0) is 5.41 Å². The number of hydrogen-bond donors (Lipinski definition) is 2. The molecule has 2 heterocycles. The molecule has 3 rings (SSSR count). The molecule has 0 bridgehead atoms. The van der Waals surface area contributed by atoms with Crippen molar-refractivity contribution in [3.63, 3.8) is 0 Å². The zero-order valence-electron chi connectivity index (χ0n) is 15.6. The van der Waals surface area contributed by atoms with E-state index in [1.807, 2.05) is 25.5 Å². The molecule has 0 radical (unpaired) electrons. The topological polar surface area (TPSA) is 71.8 Å². The molecular formula is C19H26FN5O. The van der Waals surface area contributed by atoms with Crippen molar-refractivity contribution in [3.05, 3.63) is 47.0 Å². The third-order valence-corrected chi connectivity index (χ3v) is 5.09. The molecule has 1 amide bonds. The highest BCUT2D eigenvalue weighted by Crippen LogP contribution is 2.25. The van der Waals surface area contributed by atoms with Crippen molar-refractivity contribution in [2.24, 2.45) is 0 Å². The van der Waals surface area contributed by atoms with Crippen LogP contribution >= 0.6 is 0 Å². The lowest BCUT2D eigenvalue weighted by molar-refractivity contribution is 0.0939. The summed E-state index contributed by atoms with van der Waals surface area (Å²) in [5, 5.41) is 14.5. The Morgan fingerprint density at radius 3 is 2.73 bits per heavy atom. The quantitative estimate of drug-likeness (QED) is 0.860. The van der Waals surface area contributed by atoms with Crippen molar-refractivity contribution < 1.29 is 9.18 Å². The molecule has 1 aromatic carbocycles. The molecule has 2 N–H and O–H groups in total. The monoisotopic (exact) mass is 359 g/mol. The summed E-state index contributed by atoms with van der Waals surface area (Å²) < 4.78 is 15.9. The summed E-state index contributed by atoms with van der Waals surface area (Å²) in [6.07, 6.45) is 1.96. The smallest absolute Gasteiger partial charge is 0.273 e. The standard InChI is InChI=1S/C19H26FN5O/c1-13-17(23-24-25(13)14-8-10-21-11-9-14)18(26)22-12-19(2,3)15-6-4-5-7-16(15)20/h4-7,14,21H,8-12H2,1-3H3,(H,22,26). The number of carbonyl (C=O) groups is 1. The van der Waals surface area contributed by atoms with E-state index in [4.69, 9.17) is 0 Å². The van der Waals surface area contributed by atoms with Crippen molar-refractivity contribution >= 4 is 5.91 Å². The van der Waals surface area contributed by atoms with Crippen molar-refractivity contribution in [1.29, 1.82) is 0 Å². The fourth-order valence-corrected chi connectivity index (χ4v) is 3.44. The second kappa shape index (κ2) is 7.53. The van der Waals surface area contributed by atoms with Crippen LogP contribution in [0.2, 0.25) is 0 Å². The lowest BCUT2D eigenvalue weighted by Gasteiger charge is -2.26. The Morgan fingerprint density at radius 2 is 2.04 bits per heavy atom. The van der Waals surface area contributed by atoms with Gasteiger partial charge in [0, 0.05) is 12.0 Å². The van der Waals surface area contributed by atoms with Gasteiger partial charge in [0.25, 0.3) is 5.91 Å². The van der Waals surface area contributed by atoms with Crippen LogP contribution in [-0.4, -0.2) is 40.5 Å². The van der Waals surface area contributed by atoms with Crippen LogP contribution in [0.15, 0.2) is 24.3 Å². The number of carbonyl (C=O) groups excluding carboxylic acids is 1. The number of hydrogen-bond acceptors (Lipinski definition) is 4. The first-order valence-electron chi connectivity index (χ1n) is 9.06. The molecule has 7 heteroatoms. The first-order valence-corrected chi connectivity index (χ1v) is 9.06. The predicted molar refractivity (Wildman–Crippen MR) is 97.7 cm³/mol. The Labute approximate surface area is 153 Å². The van der Waals surface area contributed by atoms with Gasteiger partial charge >= 0.3 is 0 Å². The Balaban J connectivity index is 1.69. The minimum absolute atomic E-state index is 0.264. The first-order chi connectivity index (χ1) is 12.4. The number of aromatic nitrogens is 3. The molecule has 2 aromatic rings. The van der Waals surface area contributed by atoms with E-state index in [1.165, 1.54) is 6.07 Å². The summed E-state index contributed by atoms with van der Waals surface area (Å²) in [7, 11) is 0. The van der Waals surface area contributed by atoms with Crippen LogP contribution in [0.4, 0.5) is 4.39 Å². The lowest BCUT2D eigenvalue weighted by atomic mass is 9.84. The zero-order chi connectivity index (χ0) is 18.7. The van der Waals surface area contributed by atoms with E-state index in [9.17, 15) is 9.18 Å². The number of nitrogens with zero attached hydrogens (tertiary/aromatic N) is 3. The van der Waals surface area contributed by atoms with Gasteiger partial charge in [-0.3, -0.25) is 4.79 Å². The van der Waals surface area contributed by atoms with Crippen LogP contribution in [0, 0.1) is 12.7 Å².